The minimum Gasteiger partial charge on any atom is -0.481 e. The van der Waals surface area contributed by atoms with E-state index in [1.807, 2.05) is 35.2 Å². The molecule has 0 radical (unpaired) electrons. The van der Waals surface area contributed by atoms with Crippen LogP contribution >= 0.6 is 0 Å². The predicted molar refractivity (Wildman–Crippen MR) is 87.2 cm³/mol. The number of carbonyl (C=O) groups is 2. The lowest BCUT2D eigenvalue weighted by Crippen LogP contribution is -2.50. The first-order valence-corrected chi connectivity index (χ1v) is 8.25. The van der Waals surface area contributed by atoms with E-state index in [1.54, 1.807) is 9.58 Å². The highest BCUT2D eigenvalue weighted by molar-refractivity contribution is 5.89. The first kappa shape index (κ1) is 15.6. The lowest BCUT2D eigenvalue weighted by molar-refractivity contribution is -0.142. The molecule has 2 fully saturated rings. The van der Waals surface area contributed by atoms with Gasteiger partial charge in [-0.3, -0.25) is 9.59 Å². The number of rotatable bonds is 4. The fourth-order valence-corrected chi connectivity index (χ4v) is 3.22. The molecule has 2 aliphatic rings. The molecular weight excluding hydrogens is 324 g/mol. The summed E-state index contributed by atoms with van der Waals surface area (Å²) in [5.74, 6) is -1.13. The molecule has 2 aromatic rings. The lowest BCUT2D eigenvalue weighted by Gasteiger charge is -2.35. The molecule has 9 heteroatoms. The molecule has 2 atom stereocenters. The standard InChI is InChI=1S/C16H18N6O3/c23-14(12-10-13(12)15(24)25)20-6-8-21(9-7-20)16-17-18-19-22(16)11-4-2-1-3-5-11/h1-5,12-13H,6-10H2,(H,24,25)/t12-,13-/m1/s1. The van der Waals surface area contributed by atoms with Gasteiger partial charge in [0.05, 0.1) is 17.5 Å². The molecule has 4 rings (SSSR count). The van der Waals surface area contributed by atoms with Crippen LogP contribution in [0.5, 0.6) is 0 Å². The summed E-state index contributed by atoms with van der Waals surface area (Å²) in [6.07, 6.45) is 0.459. The van der Waals surface area contributed by atoms with E-state index in [1.165, 1.54) is 0 Å². The maximum atomic E-state index is 12.4. The summed E-state index contributed by atoms with van der Waals surface area (Å²) < 4.78 is 1.68. The molecule has 1 aliphatic heterocycles. The van der Waals surface area contributed by atoms with E-state index in [4.69, 9.17) is 5.11 Å². The van der Waals surface area contributed by atoms with Gasteiger partial charge < -0.3 is 14.9 Å². The second-order valence-electron chi connectivity index (χ2n) is 6.33. The van der Waals surface area contributed by atoms with Gasteiger partial charge in [0.2, 0.25) is 11.9 Å². The number of benzene rings is 1. The van der Waals surface area contributed by atoms with Crippen molar-refractivity contribution in [2.45, 2.75) is 6.42 Å². The molecule has 0 spiro atoms. The zero-order valence-corrected chi connectivity index (χ0v) is 13.5. The van der Waals surface area contributed by atoms with Gasteiger partial charge in [-0.25, -0.2) is 0 Å². The fourth-order valence-electron chi connectivity index (χ4n) is 3.22. The molecule has 0 bridgehead atoms. The summed E-state index contributed by atoms with van der Waals surface area (Å²) in [6.45, 7) is 2.32. The highest BCUT2D eigenvalue weighted by Gasteiger charge is 2.50. The molecule has 9 nitrogen and oxygen atoms in total. The van der Waals surface area contributed by atoms with Gasteiger partial charge in [0.15, 0.2) is 0 Å². The van der Waals surface area contributed by atoms with Gasteiger partial charge in [-0.15, -0.1) is 0 Å². The number of hydrogen-bond donors (Lipinski definition) is 1. The number of para-hydroxylation sites is 1. The van der Waals surface area contributed by atoms with Gasteiger partial charge in [-0.1, -0.05) is 23.3 Å². The van der Waals surface area contributed by atoms with E-state index < -0.39 is 11.9 Å². The van der Waals surface area contributed by atoms with Crippen LogP contribution in [0.2, 0.25) is 0 Å². The predicted octanol–water partition coefficient (Wildman–Crippen LogP) is 0.0316. The zero-order chi connectivity index (χ0) is 17.4. The summed E-state index contributed by atoms with van der Waals surface area (Å²) in [6, 6.07) is 9.63. The number of aromatic nitrogens is 4. The van der Waals surface area contributed by atoms with Crippen molar-refractivity contribution >= 4 is 17.8 Å². The molecule has 1 N–H and O–H groups in total. The summed E-state index contributed by atoms with van der Waals surface area (Å²) in [7, 11) is 0. The molecule has 1 aliphatic carbocycles. The van der Waals surface area contributed by atoms with Gasteiger partial charge in [-0.2, -0.15) is 4.68 Å². The Hall–Kier alpha value is -2.97. The first-order valence-electron chi connectivity index (χ1n) is 8.25. The molecule has 0 unspecified atom stereocenters. The van der Waals surface area contributed by atoms with Crippen molar-refractivity contribution in [3.63, 3.8) is 0 Å². The van der Waals surface area contributed by atoms with Crippen LogP contribution in [0.3, 0.4) is 0 Å². The second kappa shape index (κ2) is 6.15. The van der Waals surface area contributed by atoms with Gasteiger partial charge >= 0.3 is 5.97 Å². The molecule has 2 heterocycles. The van der Waals surface area contributed by atoms with Crippen LogP contribution < -0.4 is 4.90 Å². The average Bonchev–Trinajstić information content (AvgIpc) is 3.31. The highest BCUT2D eigenvalue weighted by atomic mass is 16.4. The van der Waals surface area contributed by atoms with E-state index in [0.717, 1.165) is 5.69 Å². The maximum absolute atomic E-state index is 12.4. The van der Waals surface area contributed by atoms with Gasteiger partial charge in [0.1, 0.15) is 0 Å². The summed E-state index contributed by atoms with van der Waals surface area (Å²) in [4.78, 5) is 27.1. The Labute approximate surface area is 143 Å². The van der Waals surface area contributed by atoms with E-state index in [-0.39, 0.29) is 11.8 Å². The Morgan fingerprint density at radius 1 is 1.04 bits per heavy atom. The number of carbonyl (C=O) groups excluding carboxylic acids is 1. The fraction of sp³-hybridized carbons (Fsp3) is 0.438. The Kier molecular flexibility index (Phi) is 3.83. The number of tetrazole rings is 1. The number of amides is 1. The van der Waals surface area contributed by atoms with Gasteiger partial charge in [0, 0.05) is 26.2 Å². The minimum absolute atomic E-state index is 0.0466. The van der Waals surface area contributed by atoms with Crippen molar-refractivity contribution in [3.05, 3.63) is 30.3 Å². The van der Waals surface area contributed by atoms with E-state index in [9.17, 15) is 9.59 Å². The zero-order valence-electron chi connectivity index (χ0n) is 13.5. The molecular formula is C16H18N6O3. The van der Waals surface area contributed by atoms with Crippen LogP contribution in [0, 0.1) is 11.8 Å². The smallest absolute Gasteiger partial charge is 0.307 e. The first-order chi connectivity index (χ1) is 12.1. The molecule has 1 amide bonds. The molecule has 130 valence electrons. The summed E-state index contributed by atoms with van der Waals surface area (Å²) >= 11 is 0. The van der Waals surface area contributed by atoms with Crippen molar-refractivity contribution in [3.8, 4) is 5.69 Å². The van der Waals surface area contributed by atoms with Crippen LogP contribution in [-0.2, 0) is 9.59 Å². The third-order valence-corrected chi connectivity index (χ3v) is 4.75. The number of aliphatic carboxylic acids is 1. The van der Waals surface area contributed by atoms with E-state index in [0.29, 0.717) is 38.5 Å². The normalized spacial score (nSPS) is 22.7. The Morgan fingerprint density at radius 3 is 2.40 bits per heavy atom. The summed E-state index contributed by atoms with van der Waals surface area (Å²) in [5.41, 5.74) is 0.878. The van der Waals surface area contributed by atoms with Crippen molar-refractivity contribution in [2.24, 2.45) is 11.8 Å². The molecule has 1 saturated heterocycles. The van der Waals surface area contributed by atoms with Crippen molar-refractivity contribution < 1.29 is 14.7 Å². The number of nitrogens with zero attached hydrogens (tertiary/aromatic N) is 6. The maximum Gasteiger partial charge on any atom is 0.307 e. The third kappa shape index (κ3) is 2.92. The van der Waals surface area contributed by atoms with Crippen LogP contribution in [-0.4, -0.2) is 68.3 Å². The second-order valence-corrected chi connectivity index (χ2v) is 6.33. The number of piperazine rings is 1. The van der Waals surface area contributed by atoms with E-state index >= 15 is 0 Å². The Bertz CT molecular complexity index is 784. The van der Waals surface area contributed by atoms with E-state index in [2.05, 4.69) is 15.5 Å². The van der Waals surface area contributed by atoms with Crippen molar-refractivity contribution in [1.29, 1.82) is 0 Å². The topological polar surface area (TPSA) is 104 Å². The third-order valence-electron chi connectivity index (χ3n) is 4.75. The lowest BCUT2D eigenvalue weighted by atomic mass is 10.2. The molecule has 1 saturated carbocycles. The quantitative estimate of drug-likeness (QED) is 0.836. The molecule has 1 aromatic heterocycles. The van der Waals surface area contributed by atoms with Crippen LogP contribution in [0.25, 0.3) is 5.69 Å². The number of anilines is 1. The SMILES string of the molecule is O=C(O)[C@@H]1C[C@H]1C(=O)N1CCN(c2nnnn2-c2ccccc2)CC1. The van der Waals surface area contributed by atoms with Crippen molar-refractivity contribution in [2.75, 3.05) is 31.1 Å². The van der Waals surface area contributed by atoms with Gasteiger partial charge in [0.25, 0.3) is 0 Å². The highest BCUT2D eigenvalue weighted by Crippen LogP contribution is 2.40. The Balaban J connectivity index is 1.41. The molecule has 25 heavy (non-hydrogen) atoms. The summed E-state index contributed by atoms with van der Waals surface area (Å²) in [5, 5.41) is 20.9. The Morgan fingerprint density at radius 2 is 1.76 bits per heavy atom. The van der Waals surface area contributed by atoms with Crippen LogP contribution in [0.4, 0.5) is 5.95 Å². The van der Waals surface area contributed by atoms with Crippen molar-refractivity contribution in [1.82, 2.24) is 25.1 Å². The van der Waals surface area contributed by atoms with Crippen LogP contribution in [0.1, 0.15) is 6.42 Å². The minimum atomic E-state index is -0.876. The average molecular weight is 342 g/mol. The number of hydrogen-bond acceptors (Lipinski definition) is 6. The monoisotopic (exact) mass is 342 g/mol. The number of carboxylic acid groups (broad SMARTS) is 1. The molecule has 1 aromatic carbocycles. The van der Waals surface area contributed by atoms with Crippen LogP contribution in [0.15, 0.2) is 30.3 Å². The number of carboxylic acids is 1. The van der Waals surface area contributed by atoms with Gasteiger partial charge in [-0.05, 0) is 29.0 Å². The largest absolute Gasteiger partial charge is 0.481 e.